The molecule has 2 heterocycles. The average Bonchev–Trinajstić information content (AvgIpc) is 2.68. The summed E-state index contributed by atoms with van der Waals surface area (Å²) in [6.07, 6.45) is 4.78. The summed E-state index contributed by atoms with van der Waals surface area (Å²) in [6, 6.07) is 10.2. The van der Waals surface area contributed by atoms with Gasteiger partial charge in [0.25, 0.3) is 0 Å². The van der Waals surface area contributed by atoms with Gasteiger partial charge in [-0.1, -0.05) is 30.3 Å². The van der Waals surface area contributed by atoms with Crippen molar-refractivity contribution in [2.75, 3.05) is 19.6 Å². The van der Waals surface area contributed by atoms with Crippen LogP contribution in [0.15, 0.2) is 30.3 Å². The van der Waals surface area contributed by atoms with Crippen molar-refractivity contribution in [2.24, 2.45) is 11.8 Å². The summed E-state index contributed by atoms with van der Waals surface area (Å²) in [5.74, 6) is -0.452. The van der Waals surface area contributed by atoms with E-state index in [1.807, 2.05) is 18.7 Å². The number of benzene rings is 1. The molecule has 1 aromatic carbocycles. The Kier molecular flexibility index (Phi) is 6.53. The first kappa shape index (κ1) is 19.9. The molecule has 0 bridgehead atoms. The van der Waals surface area contributed by atoms with Gasteiger partial charge in [0.05, 0.1) is 12.0 Å². The monoisotopic (exact) mass is 372 g/mol. The van der Waals surface area contributed by atoms with Crippen LogP contribution < -0.4 is 0 Å². The smallest absolute Gasteiger partial charge is 0.308 e. The van der Waals surface area contributed by atoms with Gasteiger partial charge >= 0.3 is 5.97 Å². The Hall–Kier alpha value is -1.88. The van der Waals surface area contributed by atoms with Crippen molar-refractivity contribution in [1.82, 2.24) is 9.80 Å². The molecule has 27 heavy (non-hydrogen) atoms. The molecular formula is C22H32N2O3. The van der Waals surface area contributed by atoms with E-state index in [2.05, 4.69) is 35.2 Å². The molecule has 1 aromatic rings. The van der Waals surface area contributed by atoms with Crippen molar-refractivity contribution in [3.63, 3.8) is 0 Å². The van der Waals surface area contributed by atoms with Crippen LogP contribution in [-0.4, -0.2) is 58.5 Å². The summed E-state index contributed by atoms with van der Waals surface area (Å²) in [6.45, 7) is 6.42. The normalized spacial score (nSPS) is 25.9. The SMILES string of the molecule is CC(C(=O)N1CCC[C@H](C(=O)O)[C@@H]1C)N1CCC(Cc2ccccc2)CC1. The number of piperidine rings is 2. The van der Waals surface area contributed by atoms with E-state index >= 15 is 0 Å². The second-order valence-corrected chi connectivity index (χ2v) is 8.20. The highest BCUT2D eigenvalue weighted by Gasteiger charge is 2.38. The van der Waals surface area contributed by atoms with E-state index in [4.69, 9.17) is 0 Å². The standard InChI is InChI=1S/C22H32N2O3/c1-16-20(22(26)27)9-6-12-24(16)21(25)17(2)23-13-10-19(11-14-23)15-18-7-4-3-5-8-18/h3-5,7-8,16-17,19-20H,6,9-15H2,1-2H3,(H,26,27)/t16-,17?,20-/m0/s1. The number of hydrogen-bond donors (Lipinski definition) is 1. The molecule has 0 saturated carbocycles. The van der Waals surface area contributed by atoms with Crippen LogP contribution in [0, 0.1) is 11.8 Å². The van der Waals surface area contributed by atoms with Crippen LogP contribution in [0.3, 0.4) is 0 Å². The van der Waals surface area contributed by atoms with Crippen LogP contribution in [0.4, 0.5) is 0 Å². The zero-order chi connectivity index (χ0) is 19.4. The predicted octanol–water partition coefficient (Wildman–Crippen LogP) is 3.04. The van der Waals surface area contributed by atoms with Crippen molar-refractivity contribution in [3.05, 3.63) is 35.9 Å². The number of rotatable bonds is 5. The fourth-order valence-electron chi connectivity index (χ4n) is 4.67. The van der Waals surface area contributed by atoms with Crippen LogP contribution in [0.5, 0.6) is 0 Å². The van der Waals surface area contributed by atoms with Gasteiger partial charge in [-0.3, -0.25) is 14.5 Å². The lowest BCUT2D eigenvalue weighted by atomic mass is 9.88. The zero-order valence-corrected chi connectivity index (χ0v) is 16.5. The molecular weight excluding hydrogens is 340 g/mol. The van der Waals surface area contributed by atoms with E-state index in [9.17, 15) is 14.7 Å². The Morgan fingerprint density at radius 2 is 1.78 bits per heavy atom. The first-order valence-electron chi connectivity index (χ1n) is 10.3. The summed E-state index contributed by atoms with van der Waals surface area (Å²) in [7, 11) is 0. The van der Waals surface area contributed by atoms with Crippen LogP contribution in [0.25, 0.3) is 0 Å². The summed E-state index contributed by atoms with van der Waals surface area (Å²) in [4.78, 5) is 28.6. The highest BCUT2D eigenvalue weighted by molar-refractivity contribution is 5.83. The van der Waals surface area contributed by atoms with E-state index in [1.54, 1.807) is 0 Å². The van der Waals surface area contributed by atoms with E-state index in [-0.39, 0.29) is 18.0 Å². The molecule has 0 radical (unpaired) electrons. The van der Waals surface area contributed by atoms with Gasteiger partial charge in [-0.2, -0.15) is 0 Å². The van der Waals surface area contributed by atoms with E-state index in [0.29, 0.717) is 18.9 Å². The third-order valence-electron chi connectivity index (χ3n) is 6.51. The molecule has 0 spiro atoms. The van der Waals surface area contributed by atoms with E-state index in [0.717, 1.165) is 38.8 Å². The molecule has 0 aliphatic carbocycles. The van der Waals surface area contributed by atoms with Gasteiger partial charge in [0, 0.05) is 12.6 Å². The topological polar surface area (TPSA) is 60.9 Å². The molecule has 2 fully saturated rings. The summed E-state index contributed by atoms with van der Waals surface area (Å²) in [5, 5.41) is 9.40. The quantitative estimate of drug-likeness (QED) is 0.863. The average molecular weight is 373 g/mol. The first-order valence-corrected chi connectivity index (χ1v) is 10.3. The summed E-state index contributed by atoms with van der Waals surface area (Å²) in [5.41, 5.74) is 1.39. The maximum Gasteiger partial charge on any atom is 0.308 e. The Balaban J connectivity index is 1.53. The number of carbonyl (C=O) groups excluding carboxylic acids is 1. The third-order valence-corrected chi connectivity index (χ3v) is 6.51. The minimum atomic E-state index is -0.783. The van der Waals surface area contributed by atoms with Crippen molar-refractivity contribution < 1.29 is 14.7 Å². The number of amides is 1. The number of carboxylic acid groups (broad SMARTS) is 1. The Labute approximate surface area is 162 Å². The number of aliphatic carboxylic acids is 1. The van der Waals surface area contributed by atoms with Crippen molar-refractivity contribution in [2.45, 2.75) is 58.0 Å². The summed E-state index contributed by atoms with van der Waals surface area (Å²) < 4.78 is 0. The van der Waals surface area contributed by atoms with Crippen molar-refractivity contribution >= 4 is 11.9 Å². The Morgan fingerprint density at radius 3 is 2.41 bits per heavy atom. The number of likely N-dealkylation sites (tertiary alicyclic amines) is 2. The second-order valence-electron chi connectivity index (χ2n) is 8.20. The molecule has 1 amide bonds. The van der Waals surface area contributed by atoms with E-state index < -0.39 is 11.9 Å². The number of nitrogens with zero attached hydrogens (tertiary/aromatic N) is 2. The lowest BCUT2D eigenvalue weighted by Gasteiger charge is -2.42. The van der Waals surface area contributed by atoms with Crippen LogP contribution in [0.1, 0.15) is 45.1 Å². The van der Waals surface area contributed by atoms with Gasteiger partial charge < -0.3 is 10.0 Å². The van der Waals surface area contributed by atoms with Gasteiger partial charge in [0.15, 0.2) is 0 Å². The highest BCUT2D eigenvalue weighted by Crippen LogP contribution is 2.27. The number of hydrogen-bond acceptors (Lipinski definition) is 3. The highest BCUT2D eigenvalue weighted by atomic mass is 16.4. The molecule has 0 aromatic heterocycles. The molecule has 3 rings (SSSR count). The predicted molar refractivity (Wildman–Crippen MR) is 105 cm³/mol. The molecule has 5 nitrogen and oxygen atoms in total. The van der Waals surface area contributed by atoms with E-state index in [1.165, 1.54) is 5.56 Å². The molecule has 1 N–H and O–H groups in total. The lowest BCUT2D eigenvalue weighted by Crippen LogP contribution is -2.56. The van der Waals surface area contributed by atoms with Crippen LogP contribution in [0.2, 0.25) is 0 Å². The lowest BCUT2D eigenvalue weighted by molar-refractivity contribution is -0.151. The fourth-order valence-corrected chi connectivity index (χ4v) is 4.67. The fraction of sp³-hybridized carbons (Fsp3) is 0.636. The van der Waals surface area contributed by atoms with Gasteiger partial charge in [-0.05, 0) is 70.5 Å². The second kappa shape index (κ2) is 8.87. The first-order chi connectivity index (χ1) is 13.0. The summed E-state index contributed by atoms with van der Waals surface area (Å²) >= 11 is 0. The maximum atomic E-state index is 13.0. The Bertz CT molecular complexity index is 640. The van der Waals surface area contributed by atoms with Gasteiger partial charge in [-0.25, -0.2) is 0 Å². The molecule has 148 valence electrons. The van der Waals surface area contributed by atoms with Crippen molar-refractivity contribution in [1.29, 1.82) is 0 Å². The van der Waals surface area contributed by atoms with Crippen molar-refractivity contribution in [3.8, 4) is 0 Å². The maximum absolute atomic E-state index is 13.0. The largest absolute Gasteiger partial charge is 0.481 e. The third kappa shape index (κ3) is 4.70. The number of carboxylic acids is 1. The molecule has 3 atom stereocenters. The minimum absolute atomic E-state index is 0.0926. The van der Waals surface area contributed by atoms with Gasteiger partial charge in [0.2, 0.25) is 5.91 Å². The molecule has 1 unspecified atom stereocenters. The van der Waals surface area contributed by atoms with Crippen LogP contribution >= 0.6 is 0 Å². The van der Waals surface area contributed by atoms with Crippen LogP contribution in [-0.2, 0) is 16.0 Å². The molecule has 2 aliphatic heterocycles. The molecule has 2 saturated heterocycles. The molecule has 5 heteroatoms. The Morgan fingerprint density at radius 1 is 1.11 bits per heavy atom. The van der Waals surface area contributed by atoms with Gasteiger partial charge in [0.1, 0.15) is 0 Å². The minimum Gasteiger partial charge on any atom is -0.481 e. The molecule has 2 aliphatic rings. The van der Waals surface area contributed by atoms with Gasteiger partial charge in [-0.15, -0.1) is 0 Å². The zero-order valence-electron chi connectivity index (χ0n) is 16.5. The number of carbonyl (C=O) groups is 2.